The zero-order valence-electron chi connectivity index (χ0n) is 17.2. The molecule has 6 fully saturated rings. The highest BCUT2D eigenvalue weighted by Crippen LogP contribution is 2.47. The Morgan fingerprint density at radius 2 is 1.28 bits per heavy atom. The molecule has 2 heterocycles. The Morgan fingerprint density at radius 3 is 1.81 bits per heavy atom. The van der Waals surface area contributed by atoms with Crippen molar-refractivity contribution in [3.8, 4) is 0 Å². The first kappa shape index (κ1) is 25.0. The number of halogens is 3. The van der Waals surface area contributed by atoms with Crippen LogP contribution in [0.15, 0.2) is 0 Å². The van der Waals surface area contributed by atoms with E-state index >= 15 is 0 Å². The molecule has 2 aliphatic heterocycles. The Bertz CT molecular complexity index is 763. The highest BCUT2D eigenvalue weighted by molar-refractivity contribution is 9.10. The number of alkyl halides is 3. The van der Waals surface area contributed by atoms with E-state index in [2.05, 4.69) is 47.8 Å². The van der Waals surface area contributed by atoms with Crippen LogP contribution in [0.5, 0.6) is 0 Å². The minimum Gasteiger partial charge on any atom is -0.465 e. The van der Waals surface area contributed by atoms with E-state index in [9.17, 15) is 29.7 Å². The number of carbonyl (C=O) groups is 3. The maximum absolute atomic E-state index is 11.0. The fourth-order valence-electron chi connectivity index (χ4n) is 5.58. The van der Waals surface area contributed by atoms with E-state index in [4.69, 9.17) is 9.47 Å². The number of aliphatic hydroxyl groups excluding tert-OH is 3. The van der Waals surface area contributed by atoms with Crippen LogP contribution in [0, 0.1) is 29.6 Å². The third-order valence-electron chi connectivity index (χ3n) is 7.56. The maximum atomic E-state index is 11.0. The van der Waals surface area contributed by atoms with Gasteiger partial charge < -0.3 is 24.8 Å². The van der Waals surface area contributed by atoms with Crippen molar-refractivity contribution in [2.24, 2.45) is 29.6 Å². The largest absolute Gasteiger partial charge is 0.465 e. The number of Topliss-reactive ketones (excluding diaryl/α,β-unsaturated/α-hetero) is 1. The molecule has 0 aromatic heterocycles. The molecule has 6 aliphatic rings. The van der Waals surface area contributed by atoms with Crippen molar-refractivity contribution < 1.29 is 39.2 Å². The van der Waals surface area contributed by atoms with Gasteiger partial charge >= 0.3 is 11.9 Å². The molecular formula is C21H27Br3O8. The first-order chi connectivity index (χ1) is 15.1. The molecule has 3 N–H and O–H groups in total. The standard InChI is InChI=1S/2C7H9BrO3.C7H9BrO2/c8-7-3-1-6(10)11-5(3)2-4(7)9;8-6-4-2-11-7(10)3(4)1-5(6)9;8-7-4-2-5(9)3(4)1-6(7)10/h3-5,7,9H,1-2H2;3-6,9H,1-2H2;3-4,6-7,10H,1-2H2/t3-,4+,5-,7+;3-,4-,5+,6+;3-,4-,6+,7+/m111/s1. The zero-order valence-corrected chi connectivity index (χ0v) is 21.9. The van der Waals surface area contributed by atoms with Crippen molar-refractivity contribution in [3.63, 3.8) is 0 Å². The van der Waals surface area contributed by atoms with Crippen LogP contribution in [0.3, 0.4) is 0 Å². The summed E-state index contributed by atoms with van der Waals surface area (Å²) in [7, 11) is 0. The van der Waals surface area contributed by atoms with E-state index in [0.29, 0.717) is 50.4 Å². The average molecular weight is 647 g/mol. The molecule has 11 heteroatoms. The maximum Gasteiger partial charge on any atom is 0.309 e. The molecule has 6 rings (SSSR count). The summed E-state index contributed by atoms with van der Waals surface area (Å²) in [5.41, 5.74) is 0. The number of rotatable bonds is 0. The molecule has 8 nitrogen and oxygen atoms in total. The van der Waals surface area contributed by atoms with Gasteiger partial charge in [0.15, 0.2) is 0 Å². The topological polar surface area (TPSA) is 130 Å². The molecule has 0 amide bonds. The molecule has 0 aromatic carbocycles. The smallest absolute Gasteiger partial charge is 0.309 e. The number of esters is 2. The summed E-state index contributed by atoms with van der Waals surface area (Å²) < 4.78 is 9.86. The summed E-state index contributed by atoms with van der Waals surface area (Å²) in [4.78, 5) is 32.9. The first-order valence-corrected chi connectivity index (χ1v) is 13.7. The lowest BCUT2D eigenvalue weighted by Gasteiger charge is -2.29. The molecule has 4 aliphatic carbocycles. The van der Waals surface area contributed by atoms with Crippen LogP contribution in [0.1, 0.15) is 32.1 Å². The molecule has 2 saturated heterocycles. The Balaban J connectivity index is 0.000000115. The summed E-state index contributed by atoms with van der Waals surface area (Å²) in [6, 6.07) is 0. The van der Waals surface area contributed by atoms with Crippen molar-refractivity contribution in [2.75, 3.05) is 6.61 Å². The van der Waals surface area contributed by atoms with E-state index in [1.54, 1.807) is 0 Å². The second-order valence-corrected chi connectivity index (χ2v) is 12.7. The number of fused-ring (bicyclic) bond motifs is 3. The van der Waals surface area contributed by atoms with Crippen molar-refractivity contribution in [1.82, 2.24) is 0 Å². The van der Waals surface area contributed by atoms with Crippen LogP contribution in [-0.2, 0) is 23.9 Å². The summed E-state index contributed by atoms with van der Waals surface area (Å²) in [6.45, 7) is 0.469. The van der Waals surface area contributed by atoms with E-state index in [1.807, 2.05) is 0 Å². The molecule has 12 atom stereocenters. The lowest BCUT2D eigenvalue weighted by Crippen LogP contribution is -2.36. The van der Waals surface area contributed by atoms with Gasteiger partial charge in [0.05, 0.1) is 37.3 Å². The van der Waals surface area contributed by atoms with E-state index < -0.39 is 0 Å². The number of cyclic esters (lactones) is 1. The van der Waals surface area contributed by atoms with Gasteiger partial charge in [-0.15, -0.1) is 0 Å². The van der Waals surface area contributed by atoms with Gasteiger partial charge in [0.1, 0.15) is 11.9 Å². The Morgan fingerprint density at radius 1 is 0.719 bits per heavy atom. The van der Waals surface area contributed by atoms with Crippen molar-refractivity contribution in [1.29, 1.82) is 0 Å². The van der Waals surface area contributed by atoms with Gasteiger partial charge in [0.2, 0.25) is 0 Å². The predicted molar refractivity (Wildman–Crippen MR) is 123 cm³/mol. The fourth-order valence-corrected chi connectivity index (χ4v) is 7.83. The lowest BCUT2D eigenvalue weighted by molar-refractivity contribution is -0.142. The first-order valence-electron chi connectivity index (χ1n) is 10.9. The number of ether oxygens (including phenoxy) is 2. The summed E-state index contributed by atoms with van der Waals surface area (Å²) in [5.74, 6) is 1.00. The fraction of sp³-hybridized carbons (Fsp3) is 0.857. The number of hydrogen-bond acceptors (Lipinski definition) is 8. The van der Waals surface area contributed by atoms with E-state index in [-0.39, 0.29) is 74.5 Å². The summed E-state index contributed by atoms with van der Waals surface area (Å²) in [6.07, 6.45) is 1.90. The monoisotopic (exact) mass is 644 g/mol. The minimum absolute atomic E-state index is 0.0399. The molecule has 180 valence electrons. The van der Waals surface area contributed by atoms with Crippen LogP contribution < -0.4 is 0 Å². The minimum atomic E-state index is -0.377. The normalized spacial score (nSPS) is 50.1. The van der Waals surface area contributed by atoms with Crippen LogP contribution in [0.4, 0.5) is 0 Å². The van der Waals surface area contributed by atoms with Crippen molar-refractivity contribution >= 4 is 65.5 Å². The van der Waals surface area contributed by atoms with E-state index in [1.165, 1.54) is 0 Å². The SMILES string of the molecule is O=C1C[C@H]2[C@H](Br)[C@@H](O)C[C@@H]12.O=C1C[C@H]2[C@H](Br)[C@@H](O)C[C@H]2O1.O=C1OC[C@H]2[C@H](Br)[C@@H](O)C[C@@H]12. The van der Waals surface area contributed by atoms with Crippen molar-refractivity contribution in [3.05, 3.63) is 0 Å². The Kier molecular flexibility index (Phi) is 7.74. The van der Waals surface area contributed by atoms with Crippen LogP contribution >= 0.6 is 47.8 Å². The third kappa shape index (κ3) is 4.71. The van der Waals surface area contributed by atoms with Gasteiger partial charge in [-0.05, 0) is 18.8 Å². The molecule has 0 spiro atoms. The van der Waals surface area contributed by atoms with Gasteiger partial charge in [-0.1, -0.05) is 47.8 Å². The zero-order chi connectivity index (χ0) is 23.3. The molecule has 0 radical (unpaired) electrons. The lowest BCUT2D eigenvalue weighted by atomic mass is 9.75. The van der Waals surface area contributed by atoms with Gasteiger partial charge in [-0.2, -0.15) is 0 Å². The highest BCUT2D eigenvalue weighted by atomic mass is 79.9. The molecule has 0 unspecified atom stereocenters. The number of ketones is 1. The van der Waals surface area contributed by atoms with Gasteiger partial charge in [-0.25, -0.2) is 0 Å². The molecule has 0 aromatic rings. The molecular weight excluding hydrogens is 620 g/mol. The van der Waals surface area contributed by atoms with Crippen LogP contribution in [-0.4, -0.2) is 78.5 Å². The predicted octanol–water partition coefficient (Wildman–Crippen LogP) is 1.47. The Labute approximate surface area is 211 Å². The quantitative estimate of drug-likeness (QED) is 0.267. The number of aliphatic hydroxyl groups is 3. The Hall–Kier alpha value is -0.0700. The van der Waals surface area contributed by atoms with Crippen LogP contribution in [0.25, 0.3) is 0 Å². The van der Waals surface area contributed by atoms with Gasteiger partial charge in [0.25, 0.3) is 0 Å². The summed E-state index contributed by atoms with van der Waals surface area (Å²) >= 11 is 10.1. The molecule has 32 heavy (non-hydrogen) atoms. The second kappa shape index (κ2) is 9.89. The number of carbonyl (C=O) groups excluding carboxylic acids is 3. The number of hydrogen-bond donors (Lipinski definition) is 3. The van der Waals surface area contributed by atoms with E-state index in [0.717, 1.165) is 0 Å². The van der Waals surface area contributed by atoms with Crippen LogP contribution in [0.2, 0.25) is 0 Å². The second-order valence-electron chi connectivity index (χ2n) is 9.48. The average Bonchev–Trinajstić information content (AvgIpc) is 3.48. The third-order valence-corrected chi connectivity index (χ3v) is 11.4. The van der Waals surface area contributed by atoms with Crippen molar-refractivity contribution in [2.45, 2.75) is 71.0 Å². The molecule has 4 saturated carbocycles. The van der Waals surface area contributed by atoms with Gasteiger partial charge in [-0.3, -0.25) is 14.4 Å². The van der Waals surface area contributed by atoms with Gasteiger partial charge in [0, 0.05) is 45.1 Å². The molecule has 0 bridgehead atoms. The highest BCUT2D eigenvalue weighted by Gasteiger charge is 2.52. The summed E-state index contributed by atoms with van der Waals surface area (Å²) in [5, 5.41) is 28.0.